The van der Waals surface area contributed by atoms with Crippen molar-refractivity contribution >= 4 is 7.40 Å². The molecule has 0 aliphatic rings. The fourth-order valence-corrected chi connectivity index (χ4v) is 0. The third-order valence-corrected chi connectivity index (χ3v) is 0. The average molecular weight is 140 g/mol. The van der Waals surface area contributed by atoms with Gasteiger partial charge in [0.2, 0.25) is 0 Å². The molecule has 0 aromatic heterocycles. The Labute approximate surface area is 121 Å². The molecule has 0 amide bonds. The summed E-state index contributed by atoms with van der Waals surface area (Å²) in [6, 6.07) is 0. The molecule has 24 valence electrons. The fraction of sp³-hybridized carbons (Fsp3) is 0. The van der Waals surface area contributed by atoms with Crippen LogP contribution in [-0.4, -0.2) is 7.40 Å². The number of hydrogen-bond donors (Lipinski definition) is 0. The van der Waals surface area contributed by atoms with E-state index in [1.54, 1.807) is 0 Å². The van der Waals surface area contributed by atoms with Crippen molar-refractivity contribution in [3.05, 3.63) is 0 Å². The molecule has 0 spiro atoms. The van der Waals surface area contributed by atoms with E-state index in [1.807, 2.05) is 0 Å². The van der Waals surface area contributed by atoms with Crippen LogP contribution in [0.4, 0.5) is 4.32 Å². The summed E-state index contributed by atoms with van der Waals surface area (Å²) in [6.45, 7) is 0. The Balaban J connectivity index is -0.0000000450. The molecule has 0 aromatic rings. The first kappa shape index (κ1) is 16.1. The van der Waals surface area contributed by atoms with Crippen molar-refractivity contribution in [1.82, 2.24) is 0 Å². The summed E-state index contributed by atoms with van der Waals surface area (Å²) in [5, 5.41) is 16.6. The monoisotopic (exact) mass is 140 g/mol. The van der Waals surface area contributed by atoms with Crippen LogP contribution < -0.4 is 113 Å². The van der Waals surface area contributed by atoms with Gasteiger partial charge in [-0.25, -0.2) is 0 Å². The third-order valence-electron chi connectivity index (χ3n) is 0. The summed E-state index contributed by atoms with van der Waals surface area (Å²) in [7, 11) is -3.17. The van der Waals surface area contributed by atoms with E-state index < -0.39 is 7.40 Å². The van der Waals surface area contributed by atoms with Gasteiger partial charge in [-0.2, -0.15) is 0 Å². The van der Waals surface area contributed by atoms with Crippen LogP contribution >= 0.6 is 0 Å². The molecular formula is BFK2O2. The fourth-order valence-electron chi connectivity index (χ4n) is 0. The Kier molecular flexibility index (Phi) is 29.6. The second kappa shape index (κ2) is 11.0. The molecule has 0 unspecified atom stereocenters. The Bertz CT molecular complexity index is 16.3. The molecule has 0 N–H and O–H groups in total. The molecule has 6 heteroatoms. The van der Waals surface area contributed by atoms with Gasteiger partial charge in [0.15, 0.2) is 0 Å². The summed E-state index contributed by atoms with van der Waals surface area (Å²) >= 11 is 0. The second-order valence-corrected chi connectivity index (χ2v) is 0.274. The van der Waals surface area contributed by atoms with Gasteiger partial charge in [-0.1, -0.05) is 0 Å². The maximum Gasteiger partial charge on any atom is 1.00 e. The zero-order valence-electron chi connectivity index (χ0n) is 3.77. The minimum Gasteiger partial charge on any atom is -0.867 e. The van der Waals surface area contributed by atoms with Crippen molar-refractivity contribution in [2.45, 2.75) is 0 Å². The second-order valence-electron chi connectivity index (χ2n) is 0.274. The van der Waals surface area contributed by atoms with Crippen LogP contribution in [-0.2, 0) is 0 Å². The standard InChI is InChI=1S/BFO2.2K/c2-1(3)4;;/q-2;2*+1. The van der Waals surface area contributed by atoms with Gasteiger partial charge in [0.05, 0.1) is 0 Å². The van der Waals surface area contributed by atoms with Gasteiger partial charge >= 0.3 is 103 Å². The Morgan fingerprint density at radius 2 is 1.17 bits per heavy atom. The van der Waals surface area contributed by atoms with Gasteiger partial charge in [-0.15, -0.1) is 0 Å². The van der Waals surface area contributed by atoms with Crippen molar-refractivity contribution in [3.63, 3.8) is 0 Å². The van der Waals surface area contributed by atoms with Crippen LogP contribution in [0.2, 0.25) is 0 Å². The van der Waals surface area contributed by atoms with Crippen molar-refractivity contribution in [3.8, 4) is 0 Å². The van der Waals surface area contributed by atoms with Gasteiger partial charge in [-0.3, -0.25) is 0 Å². The minimum atomic E-state index is -3.17. The summed E-state index contributed by atoms with van der Waals surface area (Å²) < 4.78 is 9.89. The third kappa shape index (κ3) is 27.1. The van der Waals surface area contributed by atoms with Gasteiger partial charge in [0.25, 0.3) is 0 Å². The summed E-state index contributed by atoms with van der Waals surface area (Å²) in [5.74, 6) is 0. The number of rotatable bonds is 0. The van der Waals surface area contributed by atoms with Crippen LogP contribution in [0.25, 0.3) is 0 Å². The van der Waals surface area contributed by atoms with E-state index in [2.05, 4.69) is 0 Å². The topological polar surface area (TPSA) is 46.1 Å². The molecule has 2 nitrogen and oxygen atoms in total. The smallest absolute Gasteiger partial charge is 0.867 e. The molecular weight excluding hydrogens is 140 g/mol. The molecule has 6 heavy (non-hydrogen) atoms. The molecule has 0 atom stereocenters. The molecule has 0 radical (unpaired) electrons. The van der Waals surface area contributed by atoms with Crippen molar-refractivity contribution in [2.24, 2.45) is 0 Å². The van der Waals surface area contributed by atoms with Crippen LogP contribution in [0.15, 0.2) is 0 Å². The maximum atomic E-state index is 9.89. The van der Waals surface area contributed by atoms with E-state index in [0.717, 1.165) is 0 Å². The largest absolute Gasteiger partial charge is 1.00 e. The first-order valence-corrected chi connectivity index (χ1v) is 0.690. The van der Waals surface area contributed by atoms with E-state index in [4.69, 9.17) is 10.0 Å². The van der Waals surface area contributed by atoms with E-state index in [0.29, 0.717) is 0 Å². The molecule has 0 fully saturated rings. The molecule has 0 bridgehead atoms. The van der Waals surface area contributed by atoms with Crippen molar-refractivity contribution in [1.29, 1.82) is 0 Å². The zero-order chi connectivity index (χ0) is 3.58. The molecule has 0 saturated heterocycles. The molecule has 0 aliphatic carbocycles. The molecule has 0 rings (SSSR count). The SMILES string of the molecule is [K+].[K+].[O-]B([O-])F. The van der Waals surface area contributed by atoms with Gasteiger partial charge in [-0.05, 0) is 0 Å². The molecule has 0 aromatic carbocycles. The molecule has 0 aliphatic heterocycles. The van der Waals surface area contributed by atoms with E-state index in [-0.39, 0.29) is 103 Å². The summed E-state index contributed by atoms with van der Waals surface area (Å²) in [4.78, 5) is 0. The van der Waals surface area contributed by atoms with Crippen molar-refractivity contribution in [2.75, 3.05) is 0 Å². The number of hydrogen-bond acceptors (Lipinski definition) is 2. The van der Waals surface area contributed by atoms with E-state index >= 15 is 0 Å². The Morgan fingerprint density at radius 3 is 1.17 bits per heavy atom. The van der Waals surface area contributed by atoms with Crippen LogP contribution in [0.1, 0.15) is 0 Å². The van der Waals surface area contributed by atoms with Crippen LogP contribution in [0.5, 0.6) is 0 Å². The maximum absolute atomic E-state index is 9.89. The Morgan fingerprint density at radius 1 is 1.17 bits per heavy atom. The molecule has 0 saturated carbocycles. The first-order chi connectivity index (χ1) is 1.73. The van der Waals surface area contributed by atoms with Crippen LogP contribution in [0, 0.1) is 0 Å². The molecule has 0 heterocycles. The summed E-state index contributed by atoms with van der Waals surface area (Å²) in [6.07, 6.45) is 0. The predicted octanol–water partition coefficient (Wildman–Crippen LogP) is -8.33. The van der Waals surface area contributed by atoms with Crippen LogP contribution in [0.3, 0.4) is 0 Å². The number of halogens is 1. The Hall–Kier alpha value is 3.19. The van der Waals surface area contributed by atoms with E-state index in [9.17, 15) is 4.32 Å². The van der Waals surface area contributed by atoms with Gasteiger partial charge in [0, 0.05) is 0 Å². The van der Waals surface area contributed by atoms with Gasteiger partial charge < -0.3 is 14.4 Å². The normalized spacial score (nSPS) is 4.50. The van der Waals surface area contributed by atoms with Gasteiger partial charge in [0.1, 0.15) is 7.40 Å². The minimum absolute atomic E-state index is 0. The summed E-state index contributed by atoms with van der Waals surface area (Å²) in [5.41, 5.74) is 0. The zero-order valence-corrected chi connectivity index (χ0v) is 10.0. The van der Waals surface area contributed by atoms with E-state index in [1.165, 1.54) is 0 Å². The first-order valence-electron chi connectivity index (χ1n) is 0.690. The van der Waals surface area contributed by atoms with Crippen molar-refractivity contribution < 1.29 is 117 Å². The quantitative estimate of drug-likeness (QED) is 0.314. The average Bonchev–Trinajstić information content (AvgIpc) is 0.811. The predicted molar refractivity (Wildman–Crippen MR) is 6.86 cm³/mol.